The molecular formula is C20H26N3O3S+. The SMILES string of the molecule is CC[NH+]1CCN(c2ccccc2NS(=O)(=O)c2ccc(C(C)=O)cc2)CC1. The zero-order valence-electron chi connectivity index (χ0n) is 15.7. The molecule has 2 aromatic carbocycles. The summed E-state index contributed by atoms with van der Waals surface area (Å²) >= 11 is 0. The molecule has 1 aliphatic rings. The molecule has 0 amide bonds. The number of hydrogen-bond acceptors (Lipinski definition) is 4. The highest BCUT2D eigenvalue weighted by atomic mass is 32.2. The normalized spacial score (nSPS) is 15.6. The Morgan fingerprint density at radius 1 is 1.07 bits per heavy atom. The summed E-state index contributed by atoms with van der Waals surface area (Å²) < 4.78 is 28.3. The second kappa shape index (κ2) is 8.10. The van der Waals surface area contributed by atoms with Gasteiger partial charge in [0.2, 0.25) is 0 Å². The third kappa shape index (κ3) is 4.48. The van der Waals surface area contributed by atoms with Crippen LogP contribution in [0, 0.1) is 0 Å². The lowest BCUT2D eigenvalue weighted by Gasteiger charge is -2.34. The third-order valence-electron chi connectivity index (χ3n) is 5.03. The van der Waals surface area contributed by atoms with Crippen LogP contribution >= 0.6 is 0 Å². The molecule has 0 unspecified atom stereocenters. The summed E-state index contributed by atoms with van der Waals surface area (Å²) in [7, 11) is -3.73. The number of anilines is 2. The van der Waals surface area contributed by atoms with E-state index in [0.29, 0.717) is 11.3 Å². The maximum Gasteiger partial charge on any atom is 0.261 e. The summed E-state index contributed by atoms with van der Waals surface area (Å²) in [6.45, 7) is 8.64. The number of carbonyl (C=O) groups is 1. The molecule has 0 radical (unpaired) electrons. The maximum absolute atomic E-state index is 12.8. The van der Waals surface area contributed by atoms with Crippen LogP contribution in [0.15, 0.2) is 53.4 Å². The third-order valence-corrected chi connectivity index (χ3v) is 6.41. The van der Waals surface area contributed by atoms with Crippen LogP contribution in [0.1, 0.15) is 24.2 Å². The van der Waals surface area contributed by atoms with Gasteiger partial charge in [-0.25, -0.2) is 8.42 Å². The highest BCUT2D eigenvalue weighted by Crippen LogP contribution is 2.28. The van der Waals surface area contributed by atoms with Gasteiger partial charge in [-0.2, -0.15) is 0 Å². The fourth-order valence-electron chi connectivity index (χ4n) is 3.33. The molecule has 3 rings (SSSR count). The summed E-state index contributed by atoms with van der Waals surface area (Å²) in [5, 5.41) is 0. The Morgan fingerprint density at radius 2 is 1.70 bits per heavy atom. The lowest BCUT2D eigenvalue weighted by Crippen LogP contribution is -3.14. The smallest absolute Gasteiger partial charge is 0.261 e. The van der Waals surface area contributed by atoms with E-state index in [2.05, 4.69) is 16.5 Å². The van der Waals surface area contributed by atoms with Gasteiger partial charge in [0.25, 0.3) is 10.0 Å². The fraction of sp³-hybridized carbons (Fsp3) is 0.350. The number of carbonyl (C=O) groups excluding carboxylic acids is 1. The summed E-state index contributed by atoms with van der Waals surface area (Å²) in [6.07, 6.45) is 0. The number of nitrogens with zero attached hydrogens (tertiary/aromatic N) is 1. The number of Topliss-reactive ketones (excluding diaryl/α,β-unsaturated/α-hetero) is 1. The monoisotopic (exact) mass is 388 g/mol. The molecule has 7 heteroatoms. The van der Waals surface area contributed by atoms with Crippen LogP contribution in [-0.4, -0.2) is 46.9 Å². The average molecular weight is 389 g/mol. The second-order valence-corrected chi connectivity index (χ2v) is 8.48. The predicted molar refractivity (Wildman–Crippen MR) is 107 cm³/mol. The minimum Gasteiger partial charge on any atom is -0.359 e. The first-order valence-electron chi connectivity index (χ1n) is 9.22. The van der Waals surface area contributed by atoms with E-state index < -0.39 is 10.0 Å². The number of quaternary nitrogens is 1. The van der Waals surface area contributed by atoms with Crippen molar-refractivity contribution in [2.45, 2.75) is 18.7 Å². The van der Waals surface area contributed by atoms with E-state index >= 15 is 0 Å². The molecule has 0 atom stereocenters. The summed E-state index contributed by atoms with van der Waals surface area (Å²) in [5.41, 5.74) is 1.97. The Bertz CT molecular complexity index is 902. The van der Waals surface area contributed by atoms with Crippen LogP contribution in [0.25, 0.3) is 0 Å². The first kappa shape index (κ1) is 19.4. The maximum atomic E-state index is 12.8. The van der Waals surface area contributed by atoms with Crippen LogP contribution in [0.3, 0.4) is 0 Å². The van der Waals surface area contributed by atoms with Crippen molar-refractivity contribution in [2.75, 3.05) is 42.3 Å². The van der Waals surface area contributed by atoms with E-state index in [4.69, 9.17) is 0 Å². The van der Waals surface area contributed by atoms with Crippen molar-refractivity contribution in [3.05, 3.63) is 54.1 Å². The number of benzene rings is 2. The quantitative estimate of drug-likeness (QED) is 0.734. The Morgan fingerprint density at radius 3 is 2.30 bits per heavy atom. The largest absolute Gasteiger partial charge is 0.359 e. The molecule has 2 aromatic rings. The Labute approximate surface area is 160 Å². The molecule has 1 saturated heterocycles. The minimum absolute atomic E-state index is 0.0920. The zero-order chi connectivity index (χ0) is 19.4. The Hall–Kier alpha value is -2.38. The van der Waals surface area contributed by atoms with E-state index in [9.17, 15) is 13.2 Å². The van der Waals surface area contributed by atoms with Crippen molar-refractivity contribution in [3.63, 3.8) is 0 Å². The number of para-hydroxylation sites is 2. The molecule has 0 aliphatic carbocycles. The number of ketones is 1. The Kier molecular flexibility index (Phi) is 5.82. The van der Waals surface area contributed by atoms with Gasteiger partial charge in [0.05, 0.1) is 49.0 Å². The van der Waals surface area contributed by atoms with Crippen molar-refractivity contribution in [3.8, 4) is 0 Å². The first-order chi connectivity index (χ1) is 12.9. The second-order valence-electron chi connectivity index (χ2n) is 6.79. The molecule has 1 aliphatic heterocycles. The van der Waals surface area contributed by atoms with Gasteiger partial charge in [0.15, 0.2) is 5.78 Å². The zero-order valence-corrected chi connectivity index (χ0v) is 16.6. The van der Waals surface area contributed by atoms with Gasteiger partial charge in [-0.15, -0.1) is 0 Å². The lowest BCUT2D eigenvalue weighted by molar-refractivity contribution is -0.898. The van der Waals surface area contributed by atoms with E-state index in [1.807, 2.05) is 18.2 Å². The molecule has 6 nitrogen and oxygen atoms in total. The van der Waals surface area contributed by atoms with Crippen LogP contribution in [0.2, 0.25) is 0 Å². The fourth-order valence-corrected chi connectivity index (χ4v) is 4.40. The highest BCUT2D eigenvalue weighted by Gasteiger charge is 2.22. The van der Waals surface area contributed by atoms with Crippen molar-refractivity contribution >= 4 is 27.2 Å². The van der Waals surface area contributed by atoms with Gasteiger partial charge in [-0.1, -0.05) is 24.3 Å². The summed E-state index contributed by atoms with van der Waals surface area (Å²) in [4.78, 5) is 15.3. The van der Waals surface area contributed by atoms with Crippen molar-refractivity contribution in [1.29, 1.82) is 0 Å². The highest BCUT2D eigenvalue weighted by molar-refractivity contribution is 7.92. The van der Waals surface area contributed by atoms with Gasteiger partial charge in [0.1, 0.15) is 0 Å². The molecule has 144 valence electrons. The molecule has 0 spiro atoms. The molecule has 0 aromatic heterocycles. The van der Waals surface area contributed by atoms with Gasteiger partial charge < -0.3 is 9.80 Å². The molecule has 0 saturated carbocycles. The van der Waals surface area contributed by atoms with Crippen LogP contribution in [0.5, 0.6) is 0 Å². The average Bonchev–Trinajstić information content (AvgIpc) is 2.68. The molecule has 2 N–H and O–H groups in total. The van der Waals surface area contributed by atoms with Gasteiger partial charge in [0, 0.05) is 5.56 Å². The topological polar surface area (TPSA) is 70.9 Å². The number of hydrogen-bond donors (Lipinski definition) is 2. The van der Waals surface area contributed by atoms with E-state index in [1.165, 1.54) is 31.2 Å². The lowest BCUT2D eigenvalue weighted by atomic mass is 10.2. The molecule has 0 bridgehead atoms. The van der Waals surface area contributed by atoms with E-state index in [-0.39, 0.29) is 10.7 Å². The number of nitrogens with one attached hydrogen (secondary N) is 2. The predicted octanol–water partition coefficient (Wildman–Crippen LogP) is 1.41. The van der Waals surface area contributed by atoms with Gasteiger partial charge in [-0.05, 0) is 38.1 Å². The van der Waals surface area contributed by atoms with E-state index in [1.54, 1.807) is 11.0 Å². The van der Waals surface area contributed by atoms with E-state index in [0.717, 1.165) is 38.4 Å². The number of sulfonamides is 1. The van der Waals surface area contributed by atoms with Crippen LogP contribution in [0.4, 0.5) is 11.4 Å². The van der Waals surface area contributed by atoms with Gasteiger partial charge >= 0.3 is 0 Å². The molecule has 1 fully saturated rings. The van der Waals surface area contributed by atoms with Crippen LogP contribution in [-0.2, 0) is 10.0 Å². The molecule has 27 heavy (non-hydrogen) atoms. The number of rotatable bonds is 6. The summed E-state index contributed by atoms with van der Waals surface area (Å²) in [6, 6.07) is 13.5. The number of piperazine rings is 1. The Balaban J connectivity index is 1.82. The molecule has 1 heterocycles. The first-order valence-corrected chi connectivity index (χ1v) is 10.7. The minimum atomic E-state index is -3.73. The van der Waals surface area contributed by atoms with Crippen molar-refractivity contribution in [1.82, 2.24) is 0 Å². The standard InChI is InChI=1S/C20H25N3O3S/c1-3-22-12-14-23(15-13-22)20-7-5-4-6-19(20)21-27(25,26)18-10-8-17(9-11-18)16(2)24/h4-11,21H,3,12-15H2,1-2H3/p+1. The van der Waals surface area contributed by atoms with Crippen molar-refractivity contribution in [2.24, 2.45) is 0 Å². The van der Waals surface area contributed by atoms with Crippen molar-refractivity contribution < 1.29 is 18.1 Å². The number of likely N-dealkylation sites (N-methyl/N-ethyl adjacent to an activating group) is 1. The molecular weight excluding hydrogens is 362 g/mol. The van der Waals surface area contributed by atoms with Crippen LogP contribution < -0.4 is 14.5 Å². The van der Waals surface area contributed by atoms with Gasteiger partial charge in [-0.3, -0.25) is 9.52 Å². The summed E-state index contributed by atoms with van der Waals surface area (Å²) in [5.74, 6) is -0.0920.